The molecule has 0 radical (unpaired) electrons. The van der Waals surface area contributed by atoms with Crippen LogP contribution in [0, 0.1) is 0 Å². The molecule has 0 aliphatic heterocycles. The third-order valence-electron chi connectivity index (χ3n) is 4.81. The number of anilines is 4. The molecule has 2 aromatic carbocycles. The fourth-order valence-corrected chi connectivity index (χ4v) is 3.22. The maximum atomic E-state index is 4.72. The monoisotopic (exact) mass is 375 g/mol. The Hall–Kier alpha value is -3.08. The van der Waals surface area contributed by atoms with Crippen molar-refractivity contribution in [2.24, 2.45) is 0 Å². The van der Waals surface area contributed by atoms with Crippen LogP contribution in [0.2, 0.25) is 0 Å². The molecule has 0 bridgehead atoms. The minimum atomic E-state index is 0.611. The van der Waals surface area contributed by atoms with Gasteiger partial charge in [0.2, 0.25) is 5.95 Å². The molecule has 0 aliphatic carbocycles. The second kappa shape index (κ2) is 9.74. The van der Waals surface area contributed by atoms with Gasteiger partial charge in [-0.15, -0.1) is 0 Å². The van der Waals surface area contributed by atoms with Crippen LogP contribution in [0.1, 0.15) is 26.3 Å². The summed E-state index contributed by atoms with van der Waals surface area (Å²) in [7, 11) is 0. The van der Waals surface area contributed by atoms with Crippen LogP contribution >= 0.6 is 0 Å². The normalized spacial score (nSPS) is 10.5. The van der Waals surface area contributed by atoms with E-state index in [-0.39, 0.29) is 0 Å². The molecule has 0 atom stereocenters. The van der Waals surface area contributed by atoms with Gasteiger partial charge < -0.3 is 15.1 Å². The molecule has 0 spiro atoms. The minimum absolute atomic E-state index is 0.611. The van der Waals surface area contributed by atoms with Gasteiger partial charge in [-0.1, -0.05) is 30.3 Å². The van der Waals surface area contributed by atoms with Crippen molar-refractivity contribution in [3.05, 3.63) is 72.4 Å². The van der Waals surface area contributed by atoms with E-state index in [1.54, 1.807) is 0 Å². The number of hydrogen-bond acceptors (Lipinski definition) is 5. The van der Waals surface area contributed by atoms with Gasteiger partial charge >= 0.3 is 0 Å². The van der Waals surface area contributed by atoms with Gasteiger partial charge in [0, 0.05) is 43.8 Å². The third-order valence-corrected chi connectivity index (χ3v) is 4.81. The minimum Gasteiger partial charge on any atom is -0.372 e. The summed E-state index contributed by atoms with van der Waals surface area (Å²) in [5.41, 5.74) is 3.48. The van der Waals surface area contributed by atoms with Crippen molar-refractivity contribution in [3.8, 4) is 0 Å². The van der Waals surface area contributed by atoms with Crippen molar-refractivity contribution in [1.29, 1.82) is 0 Å². The van der Waals surface area contributed by atoms with Crippen LogP contribution in [0.5, 0.6) is 0 Å². The van der Waals surface area contributed by atoms with Gasteiger partial charge in [-0.3, -0.25) is 0 Å². The summed E-state index contributed by atoms with van der Waals surface area (Å²) in [6, 6.07) is 20.8. The molecule has 3 aromatic rings. The average molecular weight is 376 g/mol. The highest BCUT2D eigenvalue weighted by molar-refractivity contribution is 5.60. The third kappa shape index (κ3) is 5.00. The molecular weight excluding hydrogens is 346 g/mol. The Balaban J connectivity index is 1.72. The Morgan fingerprint density at radius 3 is 2.11 bits per heavy atom. The van der Waals surface area contributed by atoms with Crippen LogP contribution in [0.25, 0.3) is 0 Å². The molecule has 0 saturated carbocycles. The quantitative estimate of drug-likeness (QED) is 0.564. The molecular formula is C23H29N5. The lowest BCUT2D eigenvalue weighted by molar-refractivity contribution is 0.811. The Morgan fingerprint density at radius 2 is 1.46 bits per heavy atom. The van der Waals surface area contributed by atoms with Gasteiger partial charge in [0.25, 0.3) is 0 Å². The fourth-order valence-electron chi connectivity index (χ4n) is 3.22. The van der Waals surface area contributed by atoms with E-state index < -0.39 is 0 Å². The van der Waals surface area contributed by atoms with Crippen LogP contribution in [0.15, 0.2) is 66.9 Å². The Kier molecular flexibility index (Phi) is 6.84. The molecule has 5 nitrogen and oxygen atoms in total. The van der Waals surface area contributed by atoms with Gasteiger partial charge in [0.15, 0.2) is 0 Å². The van der Waals surface area contributed by atoms with Crippen LogP contribution in [-0.4, -0.2) is 29.6 Å². The summed E-state index contributed by atoms with van der Waals surface area (Å²) >= 11 is 0. The van der Waals surface area contributed by atoms with E-state index in [2.05, 4.69) is 89.4 Å². The fraction of sp³-hybridized carbons (Fsp3) is 0.304. The lowest BCUT2D eigenvalue weighted by Gasteiger charge is -2.22. The van der Waals surface area contributed by atoms with Crippen molar-refractivity contribution < 1.29 is 0 Å². The van der Waals surface area contributed by atoms with Gasteiger partial charge in [-0.2, -0.15) is 4.98 Å². The number of nitrogens with zero attached hydrogens (tertiary/aromatic N) is 4. The largest absolute Gasteiger partial charge is 0.372 e. The van der Waals surface area contributed by atoms with E-state index in [1.807, 2.05) is 18.3 Å². The predicted octanol–water partition coefficient (Wildman–Crippen LogP) is 5.09. The molecule has 0 fully saturated rings. The highest BCUT2D eigenvalue weighted by Gasteiger charge is 2.09. The van der Waals surface area contributed by atoms with Crippen LogP contribution in [-0.2, 0) is 6.54 Å². The van der Waals surface area contributed by atoms with Crippen LogP contribution in [0.4, 0.5) is 23.1 Å². The Bertz CT molecular complexity index is 844. The van der Waals surface area contributed by atoms with Crippen molar-refractivity contribution in [3.63, 3.8) is 0 Å². The second-order valence-corrected chi connectivity index (χ2v) is 6.58. The first kappa shape index (κ1) is 19.7. The van der Waals surface area contributed by atoms with Gasteiger partial charge in [-0.05, 0) is 56.7 Å². The first-order valence-electron chi connectivity index (χ1n) is 9.97. The number of nitrogens with one attached hydrogen (secondary N) is 1. The molecule has 1 aromatic heterocycles. The zero-order valence-corrected chi connectivity index (χ0v) is 17.0. The van der Waals surface area contributed by atoms with Crippen LogP contribution < -0.4 is 15.1 Å². The highest BCUT2D eigenvalue weighted by Crippen LogP contribution is 2.21. The summed E-state index contributed by atoms with van der Waals surface area (Å²) in [6.45, 7) is 10.2. The topological polar surface area (TPSA) is 44.3 Å². The first-order valence-corrected chi connectivity index (χ1v) is 9.97. The lowest BCUT2D eigenvalue weighted by Crippen LogP contribution is -2.23. The maximum Gasteiger partial charge on any atom is 0.229 e. The summed E-state index contributed by atoms with van der Waals surface area (Å²) in [5.74, 6) is 1.53. The summed E-state index contributed by atoms with van der Waals surface area (Å²) in [4.78, 5) is 13.7. The highest BCUT2D eigenvalue weighted by atomic mass is 15.2. The molecule has 28 heavy (non-hydrogen) atoms. The SMILES string of the molecule is CCN(CC)c1ccc(Nc2nccc(N(CC)Cc3ccccc3)n2)cc1. The molecule has 0 amide bonds. The number of rotatable bonds is 9. The molecule has 0 unspecified atom stereocenters. The van der Waals surface area contributed by atoms with E-state index in [9.17, 15) is 0 Å². The lowest BCUT2D eigenvalue weighted by atomic mass is 10.2. The van der Waals surface area contributed by atoms with E-state index in [0.717, 1.165) is 37.7 Å². The van der Waals surface area contributed by atoms with E-state index in [1.165, 1.54) is 11.3 Å². The van der Waals surface area contributed by atoms with Gasteiger partial charge in [0.1, 0.15) is 5.82 Å². The first-order chi connectivity index (χ1) is 13.7. The molecule has 5 heteroatoms. The number of hydrogen-bond donors (Lipinski definition) is 1. The predicted molar refractivity (Wildman–Crippen MR) is 118 cm³/mol. The number of aromatic nitrogens is 2. The van der Waals surface area contributed by atoms with Crippen LogP contribution in [0.3, 0.4) is 0 Å². The standard InChI is InChI=1S/C23H29N5/c1-4-27(5-2)21-14-12-20(13-15-21)25-23-24-17-16-22(26-23)28(6-3)18-19-10-8-7-9-11-19/h7-17H,4-6,18H2,1-3H3,(H,24,25,26). The van der Waals surface area contributed by atoms with E-state index in [0.29, 0.717) is 5.95 Å². The zero-order valence-electron chi connectivity index (χ0n) is 17.0. The summed E-state index contributed by atoms with van der Waals surface area (Å²) < 4.78 is 0. The Morgan fingerprint density at radius 1 is 0.786 bits per heavy atom. The van der Waals surface area contributed by atoms with Crippen molar-refractivity contribution in [2.45, 2.75) is 27.3 Å². The second-order valence-electron chi connectivity index (χ2n) is 6.58. The van der Waals surface area contributed by atoms with Gasteiger partial charge in [0.05, 0.1) is 0 Å². The molecule has 146 valence electrons. The van der Waals surface area contributed by atoms with Crippen molar-refractivity contribution in [1.82, 2.24) is 9.97 Å². The number of benzene rings is 2. The Labute approximate surface area is 168 Å². The van der Waals surface area contributed by atoms with Crippen molar-refractivity contribution in [2.75, 3.05) is 34.8 Å². The average Bonchev–Trinajstić information content (AvgIpc) is 2.75. The molecule has 0 saturated heterocycles. The summed E-state index contributed by atoms with van der Waals surface area (Å²) in [5, 5.41) is 3.32. The van der Waals surface area contributed by atoms with E-state index >= 15 is 0 Å². The smallest absolute Gasteiger partial charge is 0.229 e. The zero-order chi connectivity index (χ0) is 19.8. The van der Waals surface area contributed by atoms with Crippen molar-refractivity contribution >= 4 is 23.1 Å². The molecule has 0 aliphatic rings. The molecule has 1 N–H and O–H groups in total. The van der Waals surface area contributed by atoms with Gasteiger partial charge in [-0.25, -0.2) is 4.98 Å². The van der Waals surface area contributed by atoms with E-state index in [4.69, 9.17) is 4.98 Å². The molecule has 3 rings (SSSR count). The maximum absolute atomic E-state index is 4.72. The summed E-state index contributed by atoms with van der Waals surface area (Å²) in [6.07, 6.45) is 1.81. The molecule has 1 heterocycles.